The van der Waals surface area contributed by atoms with Gasteiger partial charge in [-0.15, -0.1) is 0 Å². The molecular formula is C21H18ClN3O2. The first-order valence-electron chi connectivity index (χ1n) is 8.77. The van der Waals surface area contributed by atoms with Gasteiger partial charge in [-0.25, -0.2) is 0 Å². The van der Waals surface area contributed by atoms with Crippen molar-refractivity contribution in [2.24, 2.45) is 5.92 Å². The maximum Gasteiger partial charge on any atom is 0.243 e. The first-order chi connectivity index (χ1) is 13.1. The first-order valence-corrected chi connectivity index (χ1v) is 9.15. The fraction of sp³-hybridized carbons (Fsp3) is 0.190. The molecular weight excluding hydrogens is 362 g/mol. The molecule has 0 radical (unpaired) electrons. The van der Waals surface area contributed by atoms with Gasteiger partial charge in [0.05, 0.1) is 23.5 Å². The Labute approximate surface area is 161 Å². The second-order valence-corrected chi connectivity index (χ2v) is 7.08. The normalized spacial score (nSPS) is 18.1. The van der Waals surface area contributed by atoms with Gasteiger partial charge in [-0.1, -0.05) is 54.1 Å². The van der Waals surface area contributed by atoms with E-state index >= 15 is 0 Å². The number of nitrogens with zero attached hydrogens (tertiary/aromatic N) is 1. The zero-order valence-corrected chi connectivity index (χ0v) is 15.2. The van der Waals surface area contributed by atoms with Crippen molar-refractivity contribution < 1.29 is 9.59 Å². The Balaban J connectivity index is 1.32. The molecule has 0 unspecified atom stereocenters. The minimum absolute atomic E-state index is 0.0825. The fourth-order valence-corrected chi connectivity index (χ4v) is 3.41. The van der Waals surface area contributed by atoms with Gasteiger partial charge in [0, 0.05) is 12.1 Å². The summed E-state index contributed by atoms with van der Waals surface area (Å²) in [6.45, 7) is -0.0923. The molecule has 4 rings (SSSR count). The van der Waals surface area contributed by atoms with Gasteiger partial charge in [0.1, 0.15) is 0 Å². The van der Waals surface area contributed by atoms with Crippen molar-refractivity contribution in [3.63, 3.8) is 0 Å². The van der Waals surface area contributed by atoms with Crippen molar-refractivity contribution in [3.8, 4) is 0 Å². The number of aromatic nitrogens is 1. The minimum atomic E-state index is -0.332. The molecule has 5 nitrogen and oxygen atoms in total. The third-order valence-corrected chi connectivity index (χ3v) is 5.12. The number of benzene rings is 2. The molecule has 6 heteroatoms. The summed E-state index contributed by atoms with van der Waals surface area (Å²) in [4.78, 5) is 28.3. The lowest BCUT2D eigenvalue weighted by atomic mass is 10.0. The number of halogens is 1. The van der Waals surface area contributed by atoms with Gasteiger partial charge in [0.15, 0.2) is 0 Å². The number of hydrogen-bond acceptors (Lipinski definition) is 3. The smallest absolute Gasteiger partial charge is 0.243 e. The summed E-state index contributed by atoms with van der Waals surface area (Å²) >= 11 is 5.98. The topological polar surface area (TPSA) is 71.1 Å². The summed E-state index contributed by atoms with van der Waals surface area (Å²) < 4.78 is 0. The van der Waals surface area contributed by atoms with E-state index in [-0.39, 0.29) is 30.2 Å². The Bertz CT molecular complexity index is 1020. The molecule has 1 heterocycles. The lowest BCUT2D eigenvalue weighted by molar-refractivity contribution is -0.125. The van der Waals surface area contributed by atoms with Crippen LogP contribution in [0.25, 0.3) is 10.8 Å². The molecule has 1 aliphatic carbocycles. The number of anilines is 1. The number of nitrogens with one attached hydrogen (secondary N) is 2. The largest absolute Gasteiger partial charge is 0.347 e. The highest BCUT2D eigenvalue weighted by molar-refractivity contribution is 6.33. The van der Waals surface area contributed by atoms with E-state index in [4.69, 9.17) is 11.6 Å². The molecule has 136 valence electrons. The summed E-state index contributed by atoms with van der Waals surface area (Å²) in [5.74, 6) is -0.298. The van der Waals surface area contributed by atoms with Crippen molar-refractivity contribution in [2.75, 3.05) is 11.9 Å². The number of fused-ring (bicyclic) bond motifs is 1. The SMILES string of the molecule is O=C(CNC(=O)[C@@H]1C[C@H]1c1ccc2ccccc2c1)Nc1cnccc1Cl. The summed E-state index contributed by atoms with van der Waals surface area (Å²) in [5, 5.41) is 8.12. The number of carbonyl (C=O) groups excluding carboxylic acids is 2. The van der Waals surface area contributed by atoms with Gasteiger partial charge in [0.2, 0.25) is 11.8 Å². The van der Waals surface area contributed by atoms with E-state index in [1.165, 1.54) is 22.5 Å². The molecule has 0 saturated heterocycles. The molecule has 2 amide bonds. The van der Waals surface area contributed by atoms with Gasteiger partial charge in [-0.3, -0.25) is 14.6 Å². The van der Waals surface area contributed by atoms with Crippen LogP contribution in [0, 0.1) is 5.92 Å². The third kappa shape index (κ3) is 3.93. The molecule has 1 saturated carbocycles. The van der Waals surface area contributed by atoms with Crippen LogP contribution in [0.3, 0.4) is 0 Å². The van der Waals surface area contributed by atoms with E-state index in [0.29, 0.717) is 10.7 Å². The van der Waals surface area contributed by atoms with Crippen molar-refractivity contribution in [2.45, 2.75) is 12.3 Å². The van der Waals surface area contributed by atoms with Crippen molar-refractivity contribution in [3.05, 3.63) is 71.5 Å². The molecule has 1 aromatic heterocycles. The summed E-state index contributed by atoms with van der Waals surface area (Å²) in [6.07, 6.45) is 3.82. The Hall–Kier alpha value is -2.92. The molecule has 27 heavy (non-hydrogen) atoms. The predicted molar refractivity (Wildman–Crippen MR) is 106 cm³/mol. The first kappa shape index (κ1) is 17.5. The third-order valence-electron chi connectivity index (χ3n) is 4.79. The summed E-state index contributed by atoms with van der Waals surface area (Å²) in [7, 11) is 0. The van der Waals surface area contributed by atoms with Crippen LogP contribution < -0.4 is 10.6 Å². The molecule has 2 N–H and O–H groups in total. The molecule has 3 aromatic rings. The highest BCUT2D eigenvalue weighted by Crippen LogP contribution is 2.48. The molecule has 1 aliphatic rings. The number of pyridine rings is 1. The Kier molecular flexibility index (Phi) is 4.77. The van der Waals surface area contributed by atoms with Crippen LogP contribution in [0.15, 0.2) is 60.9 Å². The summed E-state index contributed by atoms with van der Waals surface area (Å²) in [6, 6.07) is 16.1. The van der Waals surface area contributed by atoms with E-state index in [1.807, 2.05) is 12.1 Å². The fourth-order valence-electron chi connectivity index (χ4n) is 3.25. The van der Waals surface area contributed by atoms with E-state index in [1.54, 1.807) is 12.3 Å². The second kappa shape index (κ2) is 7.37. The van der Waals surface area contributed by atoms with Crippen LogP contribution in [-0.4, -0.2) is 23.3 Å². The molecule has 0 spiro atoms. The maximum atomic E-state index is 12.3. The van der Waals surface area contributed by atoms with E-state index < -0.39 is 0 Å². The zero-order chi connectivity index (χ0) is 18.8. The van der Waals surface area contributed by atoms with Crippen molar-refractivity contribution >= 4 is 39.9 Å². The number of carbonyl (C=O) groups is 2. The second-order valence-electron chi connectivity index (χ2n) is 6.68. The van der Waals surface area contributed by atoms with E-state index in [2.05, 4.69) is 45.9 Å². The van der Waals surface area contributed by atoms with Gasteiger partial charge in [0.25, 0.3) is 0 Å². The van der Waals surface area contributed by atoms with Crippen molar-refractivity contribution in [1.82, 2.24) is 10.3 Å². The Morgan fingerprint density at radius 1 is 1.11 bits per heavy atom. The lowest BCUT2D eigenvalue weighted by Gasteiger charge is -2.08. The standard InChI is InChI=1S/C21H18ClN3O2/c22-18-7-8-23-11-19(18)25-20(26)12-24-21(27)17-10-16(17)15-6-5-13-3-1-2-4-14(13)9-15/h1-9,11,16-17H,10,12H2,(H,24,27)(H,25,26)/t16-,17+/m0/s1. The van der Waals surface area contributed by atoms with Gasteiger partial charge < -0.3 is 10.6 Å². The van der Waals surface area contributed by atoms with Gasteiger partial charge >= 0.3 is 0 Å². The molecule has 1 fully saturated rings. The maximum absolute atomic E-state index is 12.3. The van der Waals surface area contributed by atoms with Crippen LogP contribution in [0.2, 0.25) is 5.02 Å². The predicted octanol–water partition coefficient (Wildman–Crippen LogP) is 3.75. The Morgan fingerprint density at radius 3 is 2.74 bits per heavy atom. The average molecular weight is 380 g/mol. The number of hydrogen-bond donors (Lipinski definition) is 2. The van der Waals surface area contributed by atoms with Crippen molar-refractivity contribution in [1.29, 1.82) is 0 Å². The lowest BCUT2D eigenvalue weighted by Crippen LogP contribution is -2.34. The number of rotatable bonds is 5. The van der Waals surface area contributed by atoms with Crippen LogP contribution >= 0.6 is 11.6 Å². The van der Waals surface area contributed by atoms with E-state index in [9.17, 15) is 9.59 Å². The molecule has 2 atom stereocenters. The summed E-state index contributed by atoms with van der Waals surface area (Å²) in [5.41, 5.74) is 1.60. The highest BCUT2D eigenvalue weighted by Gasteiger charge is 2.43. The average Bonchev–Trinajstić information content (AvgIpc) is 3.48. The van der Waals surface area contributed by atoms with Crippen LogP contribution in [-0.2, 0) is 9.59 Å². The van der Waals surface area contributed by atoms with Gasteiger partial charge in [-0.05, 0) is 34.7 Å². The minimum Gasteiger partial charge on any atom is -0.347 e. The van der Waals surface area contributed by atoms with Crippen LogP contribution in [0.5, 0.6) is 0 Å². The molecule has 0 aliphatic heterocycles. The highest BCUT2D eigenvalue weighted by atomic mass is 35.5. The van der Waals surface area contributed by atoms with Gasteiger partial charge in [-0.2, -0.15) is 0 Å². The molecule has 2 aromatic carbocycles. The van der Waals surface area contributed by atoms with E-state index in [0.717, 1.165) is 6.42 Å². The Morgan fingerprint density at radius 2 is 1.93 bits per heavy atom. The number of amides is 2. The van der Waals surface area contributed by atoms with Crippen LogP contribution in [0.4, 0.5) is 5.69 Å². The monoisotopic (exact) mass is 379 g/mol. The zero-order valence-electron chi connectivity index (χ0n) is 14.5. The quantitative estimate of drug-likeness (QED) is 0.709. The van der Waals surface area contributed by atoms with Crippen LogP contribution in [0.1, 0.15) is 17.9 Å². The molecule has 0 bridgehead atoms.